The maximum Gasteiger partial charge on any atom is 0.338 e. The van der Waals surface area contributed by atoms with Crippen molar-refractivity contribution in [3.63, 3.8) is 0 Å². The highest BCUT2D eigenvalue weighted by Gasteiger charge is 2.33. The Labute approximate surface area is 200 Å². The third-order valence-corrected chi connectivity index (χ3v) is 7.44. The fourth-order valence-corrected chi connectivity index (χ4v) is 5.96. The molecule has 0 saturated heterocycles. The molecule has 0 fully saturated rings. The monoisotopic (exact) mass is 536 g/mol. The van der Waals surface area contributed by atoms with Gasteiger partial charge in [0.2, 0.25) is 0 Å². The van der Waals surface area contributed by atoms with Crippen molar-refractivity contribution in [1.82, 2.24) is 4.57 Å². The van der Waals surface area contributed by atoms with E-state index in [9.17, 15) is 9.59 Å². The normalized spacial score (nSPS) is 16.5. The van der Waals surface area contributed by atoms with E-state index in [0.29, 0.717) is 25.6 Å². The standard InChI is InChI=1S/C22H18BrClN2O3S2/c1-11(2)29-21(28)18-12(3)25-22-26(19(18)13-4-6-14(24)7-5-13)20(27)16(31-22)10-15-8-9-17(23)30-15/h4-11,19H,1-3H3/b16-10+/t19-/m0/s1. The summed E-state index contributed by atoms with van der Waals surface area (Å²) in [5.74, 6) is -0.479. The van der Waals surface area contributed by atoms with Gasteiger partial charge in [0, 0.05) is 9.90 Å². The maximum absolute atomic E-state index is 13.4. The van der Waals surface area contributed by atoms with Gasteiger partial charge in [-0.05, 0) is 72.6 Å². The number of benzene rings is 1. The van der Waals surface area contributed by atoms with Crippen LogP contribution in [0, 0.1) is 0 Å². The molecule has 0 bridgehead atoms. The molecule has 0 amide bonds. The van der Waals surface area contributed by atoms with E-state index in [2.05, 4.69) is 20.9 Å². The van der Waals surface area contributed by atoms with Gasteiger partial charge in [-0.25, -0.2) is 9.79 Å². The second-order valence-electron chi connectivity index (χ2n) is 7.23. The topological polar surface area (TPSA) is 60.7 Å². The summed E-state index contributed by atoms with van der Waals surface area (Å²) in [6.07, 6.45) is 1.56. The Balaban J connectivity index is 1.95. The number of allylic oxidation sites excluding steroid dienone is 1. The number of thiophene rings is 1. The molecular formula is C22H18BrClN2O3S2. The molecule has 4 rings (SSSR count). The molecule has 0 N–H and O–H groups in total. The summed E-state index contributed by atoms with van der Waals surface area (Å²) in [5, 5.41) is 0.575. The number of nitrogens with zero attached hydrogens (tertiary/aromatic N) is 2. The van der Waals surface area contributed by atoms with Gasteiger partial charge >= 0.3 is 5.97 Å². The van der Waals surface area contributed by atoms with Crippen LogP contribution in [0.2, 0.25) is 5.02 Å². The van der Waals surface area contributed by atoms with Crippen LogP contribution in [-0.4, -0.2) is 16.6 Å². The lowest BCUT2D eigenvalue weighted by Gasteiger charge is -2.25. The van der Waals surface area contributed by atoms with Crippen LogP contribution in [0.25, 0.3) is 6.08 Å². The van der Waals surface area contributed by atoms with Crippen LogP contribution in [0.1, 0.15) is 37.3 Å². The van der Waals surface area contributed by atoms with E-state index in [-0.39, 0.29) is 11.7 Å². The first-order valence-electron chi connectivity index (χ1n) is 9.49. The van der Waals surface area contributed by atoms with Crippen LogP contribution in [0.3, 0.4) is 0 Å². The lowest BCUT2D eigenvalue weighted by Crippen LogP contribution is -2.40. The Bertz CT molecular complexity index is 1370. The summed E-state index contributed by atoms with van der Waals surface area (Å²) in [7, 11) is 0. The second kappa shape index (κ2) is 8.86. The lowest BCUT2D eigenvalue weighted by molar-refractivity contribution is -0.143. The summed E-state index contributed by atoms with van der Waals surface area (Å²) >= 11 is 12.4. The van der Waals surface area contributed by atoms with E-state index < -0.39 is 12.0 Å². The number of carbonyl (C=O) groups excluding carboxylic acids is 1. The van der Waals surface area contributed by atoms with E-state index in [0.717, 1.165) is 14.2 Å². The molecular weight excluding hydrogens is 520 g/mol. The molecule has 5 nitrogen and oxygen atoms in total. The molecule has 1 atom stereocenters. The number of hydrogen-bond acceptors (Lipinski definition) is 6. The van der Waals surface area contributed by atoms with Gasteiger partial charge < -0.3 is 4.74 Å². The number of thiazole rings is 1. The molecule has 0 unspecified atom stereocenters. The fourth-order valence-electron chi connectivity index (χ4n) is 3.36. The predicted molar refractivity (Wildman–Crippen MR) is 128 cm³/mol. The van der Waals surface area contributed by atoms with Crippen molar-refractivity contribution in [1.29, 1.82) is 0 Å². The summed E-state index contributed by atoms with van der Waals surface area (Å²) < 4.78 is 8.61. The van der Waals surface area contributed by atoms with Gasteiger partial charge in [0.25, 0.3) is 5.56 Å². The van der Waals surface area contributed by atoms with Crippen LogP contribution in [0.15, 0.2) is 61.2 Å². The third-order valence-electron chi connectivity index (χ3n) is 4.64. The average molecular weight is 538 g/mol. The van der Waals surface area contributed by atoms with E-state index in [1.54, 1.807) is 37.5 Å². The number of esters is 1. The van der Waals surface area contributed by atoms with Crippen molar-refractivity contribution in [3.05, 3.63) is 86.6 Å². The summed E-state index contributed by atoms with van der Waals surface area (Å²) in [4.78, 5) is 32.5. The maximum atomic E-state index is 13.4. The van der Waals surface area contributed by atoms with Gasteiger partial charge in [-0.3, -0.25) is 9.36 Å². The van der Waals surface area contributed by atoms with E-state index in [1.165, 1.54) is 22.7 Å². The van der Waals surface area contributed by atoms with Crippen molar-refractivity contribution in [2.75, 3.05) is 0 Å². The molecule has 2 aromatic heterocycles. The zero-order valence-corrected chi connectivity index (χ0v) is 20.9. The smallest absolute Gasteiger partial charge is 0.338 e. The van der Waals surface area contributed by atoms with E-state index in [1.807, 2.05) is 30.3 Å². The van der Waals surface area contributed by atoms with Crippen molar-refractivity contribution in [2.24, 2.45) is 4.99 Å². The highest BCUT2D eigenvalue weighted by molar-refractivity contribution is 9.11. The Morgan fingerprint density at radius 1 is 1.23 bits per heavy atom. The number of rotatable bonds is 4. The van der Waals surface area contributed by atoms with Gasteiger partial charge in [-0.2, -0.15) is 0 Å². The molecule has 1 aliphatic rings. The van der Waals surface area contributed by atoms with Gasteiger partial charge in [-0.1, -0.05) is 35.1 Å². The Morgan fingerprint density at radius 2 is 1.94 bits per heavy atom. The Morgan fingerprint density at radius 3 is 2.55 bits per heavy atom. The first-order chi connectivity index (χ1) is 14.7. The molecule has 9 heteroatoms. The van der Waals surface area contributed by atoms with Crippen LogP contribution >= 0.6 is 50.2 Å². The number of ether oxygens (including phenoxy) is 1. The number of aromatic nitrogens is 1. The van der Waals surface area contributed by atoms with Crippen LogP contribution in [0.5, 0.6) is 0 Å². The average Bonchev–Trinajstić information content (AvgIpc) is 3.24. The SMILES string of the molecule is CC1=C(C(=O)OC(C)C)[C@H](c2ccc(Cl)cc2)n2c(s/c(=C/c3ccc(Br)s3)c2=O)=N1. The minimum absolute atomic E-state index is 0.199. The lowest BCUT2D eigenvalue weighted by atomic mass is 9.96. The molecule has 0 saturated carbocycles. The fraction of sp³-hybridized carbons (Fsp3) is 0.227. The zero-order chi connectivity index (χ0) is 22.3. The second-order valence-corrected chi connectivity index (χ2v) is 11.2. The highest BCUT2D eigenvalue weighted by atomic mass is 79.9. The minimum atomic E-state index is -0.642. The van der Waals surface area contributed by atoms with E-state index >= 15 is 0 Å². The molecule has 0 aliphatic carbocycles. The van der Waals surface area contributed by atoms with Crippen LogP contribution < -0.4 is 14.9 Å². The number of halogens is 2. The van der Waals surface area contributed by atoms with Crippen molar-refractivity contribution >= 4 is 62.2 Å². The number of fused-ring (bicyclic) bond motifs is 1. The van der Waals surface area contributed by atoms with Gasteiger partial charge in [0.1, 0.15) is 0 Å². The molecule has 160 valence electrons. The molecule has 0 spiro atoms. The molecule has 31 heavy (non-hydrogen) atoms. The van der Waals surface area contributed by atoms with Gasteiger partial charge in [0.15, 0.2) is 4.80 Å². The van der Waals surface area contributed by atoms with Crippen LogP contribution in [0.4, 0.5) is 0 Å². The Kier molecular flexibility index (Phi) is 6.35. The van der Waals surface area contributed by atoms with Crippen LogP contribution in [-0.2, 0) is 9.53 Å². The summed E-state index contributed by atoms with van der Waals surface area (Å²) in [5.41, 5.74) is 1.46. The van der Waals surface area contributed by atoms with Gasteiger partial charge in [-0.15, -0.1) is 11.3 Å². The molecule has 1 aliphatic heterocycles. The molecule has 1 aromatic carbocycles. The Hall–Kier alpha value is -2.00. The molecule has 3 aromatic rings. The highest BCUT2D eigenvalue weighted by Crippen LogP contribution is 2.31. The van der Waals surface area contributed by atoms with Crippen molar-refractivity contribution in [3.8, 4) is 0 Å². The first-order valence-corrected chi connectivity index (χ1v) is 12.3. The largest absolute Gasteiger partial charge is 0.459 e. The number of hydrogen-bond donors (Lipinski definition) is 0. The molecule has 0 radical (unpaired) electrons. The van der Waals surface area contributed by atoms with E-state index in [4.69, 9.17) is 16.3 Å². The minimum Gasteiger partial charge on any atom is -0.459 e. The quantitative estimate of drug-likeness (QED) is 0.455. The van der Waals surface area contributed by atoms with Crippen molar-refractivity contribution in [2.45, 2.75) is 32.9 Å². The molecule has 3 heterocycles. The van der Waals surface area contributed by atoms with Gasteiger partial charge in [0.05, 0.1) is 31.7 Å². The zero-order valence-electron chi connectivity index (χ0n) is 16.9. The summed E-state index contributed by atoms with van der Waals surface area (Å²) in [6.45, 7) is 5.35. The predicted octanol–water partition coefficient (Wildman–Crippen LogP) is 4.66. The third kappa shape index (κ3) is 4.48. The first kappa shape index (κ1) is 22.2. The van der Waals surface area contributed by atoms with Crippen molar-refractivity contribution < 1.29 is 9.53 Å². The number of carbonyl (C=O) groups is 1. The summed E-state index contributed by atoms with van der Waals surface area (Å²) in [6, 6.07) is 10.4.